The highest BCUT2D eigenvalue weighted by Gasteiger charge is 2.14. The number of hydrogen-bond donors (Lipinski definition) is 1. The fraction of sp³-hybridized carbons (Fsp3) is 0.136. The third kappa shape index (κ3) is 3.39. The molecule has 1 aromatic carbocycles. The van der Waals surface area contributed by atoms with E-state index in [1.54, 1.807) is 16.9 Å². The summed E-state index contributed by atoms with van der Waals surface area (Å²) in [5.74, 6) is 0.214. The van der Waals surface area contributed by atoms with Crippen LogP contribution in [0.25, 0.3) is 28.2 Å². The summed E-state index contributed by atoms with van der Waals surface area (Å²) in [5.41, 5.74) is 12.1. The van der Waals surface area contributed by atoms with E-state index in [9.17, 15) is 0 Å². The lowest BCUT2D eigenvalue weighted by Crippen LogP contribution is -2.00. The van der Waals surface area contributed by atoms with Crippen LogP contribution in [0.2, 0.25) is 0 Å². The van der Waals surface area contributed by atoms with Gasteiger partial charge in [0, 0.05) is 18.0 Å². The second-order valence-electron chi connectivity index (χ2n) is 7.03. The lowest BCUT2D eigenvalue weighted by Gasteiger charge is -2.07. The number of aromatic nitrogens is 7. The van der Waals surface area contributed by atoms with E-state index in [2.05, 4.69) is 37.3 Å². The molecule has 0 atom stereocenters. The molecule has 8 nitrogen and oxygen atoms in total. The van der Waals surface area contributed by atoms with Gasteiger partial charge in [-0.2, -0.15) is 10.1 Å². The third-order valence-corrected chi connectivity index (χ3v) is 4.94. The molecule has 0 amide bonds. The Morgan fingerprint density at radius 3 is 2.60 bits per heavy atom. The molecule has 0 unspecified atom stereocenters. The molecule has 30 heavy (non-hydrogen) atoms. The highest BCUT2D eigenvalue weighted by atomic mass is 15.3. The minimum absolute atomic E-state index is 0.214. The van der Waals surface area contributed by atoms with E-state index < -0.39 is 0 Å². The molecule has 0 fully saturated rings. The van der Waals surface area contributed by atoms with Gasteiger partial charge in [-0.15, -0.1) is 5.10 Å². The topological polar surface area (TPSA) is 99.8 Å². The molecule has 5 rings (SSSR count). The number of hydrogen-bond acceptors (Lipinski definition) is 6. The van der Waals surface area contributed by atoms with Gasteiger partial charge < -0.3 is 5.73 Å². The Kier molecular flexibility index (Phi) is 4.44. The first-order valence-corrected chi connectivity index (χ1v) is 9.74. The van der Waals surface area contributed by atoms with Crippen molar-refractivity contribution >= 4 is 11.6 Å². The summed E-state index contributed by atoms with van der Waals surface area (Å²) in [6.45, 7) is 2.76. The largest absolute Gasteiger partial charge is 0.366 e. The van der Waals surface area contributed by atoms with Gasteiger partial charge in [-0.25, -0.2) is 4.52 Å². The molecule has 0 spiro atoms. The number of nitrogens with zero attached hydrogens (tertiary/aromatic N) is 7. The monoisotopic (exact) mass is 396 g/mol. The Hall–Kier alpha value is -4.07. The molecule has 0 aliphatic rings. The number of benzene rings is 1. The van der Waals surface area contributed by atoms with Crippen LogP contribution in [0.4, 0.5) is 5.95 Å². The second-order valence-corrected chi connectivity index (χ2v) is 7.03. The van der Waals surface area contributed by atoms with Gasteiger partial charge in [0.2, 0.25) is 5.95 Å². The summed E-state index contributed by atoms with van der Waals surface area (Å²) < 4.78 is 3.62. The lowest BCUT2D eigenvalue weighted by molar-refractivity contribution is 0.687. The summed E-state index contributed by atoms with van der Waals surface area (Å²) in [7, 11) is 0. The molecule has 8 heteroatoms. The molecule has 4 heterocycles. The van der Waals surface area contributed by atoms with E-state index in [0.29, 0.717) is 17.9 Å². The second kappa shape index (κ2) is 7.40. The van der Waals surface area contributed by atoms with Crippen molar-refractivity contribution < 1.29 is 0 Å². The highest BCUT2D eigenvalue weighted by molar-refractivity contribution is 5.73. The van der Waals surface area contributed by atoms with Crippen LogP contribution in [-0.4, -0.2) is 34.3 Å². The maximum atomic E-state index is 5.87. The standard InChI is InChI=1S/C22H20N8/c1-2-18-11-25-19(12-24-18)20-8-16(9-21-27-22(23)28-30(20)21)17-10-26-29(14-17)13-15-6-4-3-5-7-15/h3-12,14H,2,13H2,1H3,(H2,23,28). The zero-order chi connectivity index (χ0) is 20.5. The average molecular weight is 396 g/mol. The van der Waals surface area contributed by atoms with Crippen LogP contribution in [0.1, 0.15) is 18.2 Å². The average Bonchev–Trinajstić information content (AvgIpc) is 3.39. The van der Waals surface area contributed by atoms with Crippen LogP contribution in [0.3, 0.4) is 0 Å². The van der Waals surface area contributed by atoms with Crippen molar-refractivity contribution in [3.8, 4) is 22.5 Å². The van der Waals surface area contributed by atoms with Crippen molar-refractivity contribution in [3.63, 3.8) is 0 Å². The highest BCUT2D eigenvalue weighted by Crippen LogP contribution is 2.27. The number of fused-ring (bicyclic) bond motifs is 1. The molecular weight excluding hydrogens is 376 g/mol. The predicted molar refractivity (Wildman–Crippen MR) is 115 cm³/mol. The molecule has 4 aromatic heterocycles. The molecular formula is C22H20N8. The van der Waals surface area contributed by atoms with E-state index >= 15 is 0 Å². The van der Waals surface area contributed by atoms with Gasteiger partial charge in [0.05, 0.1) is 30.3 Å². The first-order chi connectivity index (χ1) is 14.7. The lowest BCUT2D eigenvalue weighted by atomic mass is 10.1. The van der Waals surface area contributed by atoms with Crippen molar-refractivity contribution in [2.75, 3.05) is 5.73 Å². The minimum Gasteiger partial charge on any atom is -0.366 e. The molecule has 0 saturated heterocycles. The van der Waals surface area contributed by atoms with Crippen LogP contribution in [0, 0.1) is 0 Å². The van der Waals surface area contributed by atoms with E-state index in [1.165, 1.54) is 5.56 Å². The first-order valence-electron chi connectivity index (χ1n) is 9.74. The van der Waals surface area contributed by atoms with Gasteiger partial charge in [0.25, 0.3) is 0 Å². The van der Waals surface area contributed by atoms with Crippen LogP contribution < -0.4 is 5.73 Å². The van der Waals surface area contributed by atoms with Crippen molar-refractivity contribution in [1.29, 1.82) is 0 Å². The van der Waals surface area contributed by atoms with Crippen LogP contribution in [-0.2, 0) is 13.0 Å². The quantitative estimate of drug-likeness (QED) is 0.489. The smallest absolute Gasteiger partial charge is 0.240 e. The summed E-state index contributed by atoms with van der Waals surface area (Å²) >= 11 is 0. The molecule has 0 saturated carbocycles. The van der Waals surface area contributed by atoms with Gasteiger partial charge in [-0.3, -0.25) is 14.6 Å². The Balaban J connectivity index is 1.56. The Morgan fingerprint density at radius 1 is 0.967 bits per heavy atom. The summed E-state index contributed by atoms with van der Waals surface area (Å²) in [6.07, 6.45) is 8.25. The van der Waals surface area contributed by atoms with E-state index in [1.807, 2.05) is 54.3 Å². The fourth-order valence-corrected chi connectivity index (χ4v) is 3.39. The molecule has 0 radical (unpaired) electrons. The molecule has 148 valence electrons. The summed E-state index contributed by atoms with van der Waals surface area (Å²) in [6, 6.07) is 14.2. The minimum atomic E-state index is 0.214. The molecule has 0 aliphatic carbocycles. The number of nitrogen functional groups attached to an aromatic ring is 1. The molecule has 2 N–H and O–H groups in total. The SMILES string of the molecule is CCc1cnc(-c2cc(-c3cnn(Cc4ccccc4)c3)cc3nc(N)nn23)cn1. The summed E-state index contributed by atoms with van der Waals surface area (Å²) in [4.78, 5) is 13.4. The van der Waals surface area contributed by atoms with Gasteiger partial charge >= 0.3 is 0 Å². The Bertz CT molecular complexity index is 1300. The Morgan fingerprint density at radius 2 is 1.83 bits per heavy atom. The van der Waals surface area contributed by atoms with Crippen LogP contribution >= 0.6 is 0 Å². The number of anilines is 1. The maximum Gasteiger partial charge on any atom is 0.240 e. The normalized spacial score (nSPS) is 11.2. The van der Waals surface area contributed by atoms with Gasteiger partial charge in [-0.1, -0.05) is 37.3 Å². The molecule has 5 aromatic rings. The van der Waals surface area contributed by atoms with E-state index in [0.717, 1.165) is 28.9 Å². The van der Waals surface area contributed by atoms with Gasteiger partial charge in [0.15, 0.2) is 5.65 Å². The number of aryl methyl sites for hydroxylation is 1. The predicted octanol–water partition coefficient (Wildman–Crippen LogP) is 3.24. The van der Waals surface area contributed by atoms with Crippen LogP contribution in [0.15, 0.2) is 67.3 Å². The third-order valence-electron chi connectivity index (χ3n) is 4.94. The van der Waals surface area contributed by atoms with E-state index in [4.69, 9.17) is 5.73 Å². The molecule has 0 bridgehead atoms. The molecule has 0 aliphatic heterocycles. The van der Waals surface area contributed by atoms with Crippen molar-refractivity contribution in [3.05, 3.63) is 78.5 Å². The first kappa shape index (κ1) is 18.0. The summed E-state index contributed by atoms with van der Waals surface area (Å²) in [5, 5.41) is 8.84. The number of nitrogens with two attached hydrogens (primary N) is 1. The van der Waals surface area contributed by atoms with Gasteiger partial charge in [-0.05, 0) is 29.7 Å². The van der Waals surface area contributed by atoms with Gasteiger partial charge in [0.1, 0.15) is 5.69 Å². The van der Waals surface area contributed by atoms with Crippen LogP contribution in [0.5, 0.6) is 0 Å². The fourth-order valence-electron chi connectivity index (χ4n) is 3.39. The van der Waals surface area contributed by atoms with E-state index in [-0.39, 0.29) is 5.95 Å². The van der Waals surface area contributed by atoms with Crippen molar-refractivity contribution in [1.82, 2.24) is 34.3 Å². The Labute approximate surface area is 173 Å². The number of rotatable bonds is 5. The zero-order valence-corrected chi connectivity index (χ0v) is 16.5. The van der Waals surface area contributed by atoms with Crippen molar-refractivity contribution in [2.45, 2.75) is 19.9 Å². The zero-order valence-electron chi connectivity index (χ0n) is 16.5. The maximum absolute atomic E-state index is 5.87. The number of pyridine rings is 1. The van der Waals surface area contributed by atoms with Crippen molar-refractivity contribution in [2.24, 2.45) is 0 Å².